The zero-order valence-corrected chi connectivity index (χ0v) is 15.7. The van der Waals surface area contributed by atoms with Crippen LogP contribution in [0.25, 0.3) is 10.9 Å². The highest BCUT2D eigenvalue weighted by atomic mass is 16.4. The van der Waals surface area contributed by atoms with Crippen LogP contribution in [0.1, 0.15) is 37.3 Å². The smallest absolute Gasteiger partial charge is 0.311 e. The number of nitrogens with one attached hydrogen (secondary N) is 1. The summed E-state index contributed by atoms with van der Waals surface area (Å²) in [5.41, 5.74) is 9.03. The molecule has 0 aliphatic carbocycles. The average Bonchev–Trinajstić information content (AvgIpc) is 2.95. The molecule has 0 aliphatic heterocycles. The first-order valence-corrected chi connectivity index (χ1v) is 9.01. The summed E-state index contributed by atoms with van der Waals surface area (Å²) in [4.78, 5) is 17.6. The molecule has 5 nitrogen and oxygen atoms in total. The number of nitrogens with zero attached hydrogens (tertiary/aromatic N) is 1. The highest BCUT2D eigenvalue weighted by Gasteiger charge is 2.31. The van der Waals surface area contributed by atoms with E-state index in [9.17, 15) is 9.90 Å². The third-order valence-corrected chi connectivity index (χ3v) is 4.80. The molecule has 1 unspecified atom stereocenters. The van der Waals surface area contributed by atoms with Crippen molar-refractivity contribution in [1.29, 1.82) is 0 Å². The minimum absolute atomic E-state index is 0.0697. The lowest BCUT2D eigenvalue weighted by atomic mass is 9.79. The van der Waals surface area contributed by atoms with Crippen molar-refractivity contribution in [3.05, 3.63) is 35.5 Å². The van der Waals surface area contributed by atoms with Crippen LogP contribution in [0.4, 0.5) is 0 Å². The maximum atomic E-state index is 12.2. The van der Waals surface area contributed by atoms with Crippen molar-refractivity contribution >= 4 is 16.9 Å². The van der Waals surface area contributed by atoms with Gasteiger partial charge in [0.25, 0.3) is 0 Å². The molecule has 5 heteroatoms. The van der Waals surface area contributed by atoms with Crippen molar-refractivity contribution < 1.29 is 9.90 Å². The number of H-pyrrole nitrogens is 1. The Labute approximate surface area is 150 Å². The lowest BCUT2D eigenvalue weighted by Crippen LogP contribution is -2.29. The van der Waals surface area contributed by atoms with Crippen LogP contribution in [0.2, 0.25) is 0 Å². The number of nitrogens with two attached hydrogens (primary N) is 1. The highest BCUT2D eigenvalue weighted by Crippen LogP contribution is 2.35. The number of carboxylic acids is 1. The van der Waals surface area contributed by atoms with Gasteiger partial charge >= 0.3 is 5.97 Å². The van der Waals surface area contributed by atoms with E-state index in [-0.39, 0.29) is 5.92 Å². The summed E-state index contributed by atoms with van der Waals surface area (Å²) in [5, 5.41) is 11.0. The summed E-state index contributed by atoms with van der Waals surface area (Å²) in [6.45, 7) is 5.52. The molecule has 0 saturated carbocycles. The first-order chi connectivity index (χ1) is 11.8. The lowest BCUT2D eigenvalue weighted by molar-refractivity contribution is -0.140. The van der Waals surface area contributed by atoms with Gasteiger partial charge in [-0.1, -0.05) is 26.0 Å². The predicted octanol–water partition coefficient (Wildman–Crippen LogP) is 3.06. The summed E-state index contributed by atoms with van der Waals surface area (Å²) < 4.78 is 0. The zero-order chi connectivity index (χ0) is 18.6. The van der Waals surface area contributed by atoms with Crippen LogP contribution in [0, 0.1) is 11.8 Å². The van der Waals surface area contributed by atoms with E-state index >= 15 is 0 Å². The molecule has 2 rings (SSSR count). The maximum absolute atomic E-state index is 12.2. The highest BCUT2D eigenvalue weighted by molar-refractivity contribution is 5.91. The van der Waals surface area contributed by atoms with Crippen molar-refractivity contribution in [3.8, 4) is 0 Å². The Bertz CT molecular complexity index is 706. The van der Waals surface area contributed by atoms with Crippen LogP contribution < -0.4 is 5.73 Å². The van der Waals surface area contributed by atoms with Gasteiger partial charge in [-0.2, -0.15) is 0 Å². The Morgan fingerprint density at radius 3 is 2.60 bits per heavy atom. The topological polar surface area (TPSA) is 82.4 Å². The fourth-order valence-corrected chi connectivity index (χ4v) is 3.65. The van der Waals surface area contributed by atoms with E-state index < -0.39 is 11.9 Å². The summed E-state index contributed by atoms with van der Waals surface area (Å²) in [6, 6.07) is 5.90. The molecule has 2 atom stereocenters. The Balaban J connectivity index is 2.51. The minimum Gasteiger partial charge on any atom is -0.481 e. The zero-order valence-electron chi connectivity index (χ0n) is 15.7. The van der Waals surface area contributed by atoms with E-state index in [1.807, 2.05) is 38.5 Å². The van der Waals surface area contributed by atoms with Gasteiger partial charge in [0.15, 0.2) is 0 Å². The summed E-state index contributed by atoms with van der Waals surface area (Å²) >= 11 is 0. The van der Waals surface area contributed by atoms with E-state index in [2.05, 4.69) is 23.7 Å². The molecule has 0 bridgehead atoms. The van der Waals surface area contributed by atoms with Gasteiger partial charge in [-0.3, -0.25) is 4.79 Å². The third kappa shape index (κ3) is 4.61. The molecule has 2 aromatic rings. The predicted molar refractivity (Wildman–Crippen MR) is 103 cm³/mol. The standard InChI is InChI=1S/C20H31N3O2/c1-13(2)10-15(11-21)19(20(24)25)16-6-5-7-17-18(16)14(12-22-17)8-9-23(3)4/h5-7,12-13,15,19,22H,8-11,21H2,1-4H3,(H,24,25)/t15?,19-/m0/s1. The minimum atomic E-state index is -0.789. The fourth-order valence-electron chi connectivity index (χ4n) is 3.65. The van der Waals surface area contributed by atoms with Crippen LogP contribution in [0.5, 0.6) is 0 Å². The molecular weight excluding hydrogens is 314 g/mol. The number of fused-ring (bicyclic) bond motifs is 1. The normalized spacial score (nSPS) is 14.4. The number of aromatic amines is 1. The van der Waals surface area contributed by atoms with E-state index in [1.54, 1.807) is 0 Å². The SMILES string of the molecule is CC(C)CC(CN)[C@H](C(=O)O)c1cccc2[nH]cc(CCN(C)C)c12. The molecule has 0 amide bonds. The van der Waals surface area contributed by atoms with Crippen LogP contribution >= 0.6 is 0 Å². The molecular formula is C20H31N3O2. The fraction of sp³-hybridized carbons (Fsp3) is 0.550. The molecule has 0 aliphatic rings. The quantitative estimate of drug-likeness (QED) is 0.652. The van der Waals surface area contributed by atoms with Crippen LogP contribution in [-0.2, 0) is 11.2 Å². The maximum Gasteiger partial charge on any atom is 0.311 e. The van der Waals surface area contributed by atoms with Gasteiger partial charge in [-0.25, -0.2) is 0 Å². The molecule has 138 valence electrons. The second-order valence-electron chi connectivity index (χ2n) is 7.58. The van der Waals surface area contributed by atoms with E-state index in [1.165, 1.54) is 5.56 Å². The van der Waals surface area contributed by atoms with Crippen LogP contribution in [0.15, 0.2) is 24.4 Å². The van der Waals surface area contributed by atoms with Gasteiger partial charge < -0.3 is 20.7 Å². The van der Waals surface area contributed by atoms with Gasteiger partial charge in [0.2, 0.25) is 0 Å². The first-order valence-electron chi connectivity index (χ1n) is 9.01. The number of aromatic nitrogens is 1. The van der Waals surface area contributed by atoms with Gasteiger partial charge in [0, 0.05) is 23.6 Å². The van der Waals surface area contributed by atoms with Crippen molar-refractivity contribution in [2.75, 3.05) is 27.2 Å². The van der Waals surface area contributed by atoms with Crippen molar-refractivity contribution in [3.63, 3.8) is 0 Å². The van der Waals surface area contributed by atoms with Crippen molar-refractivity contribution in [2.24, 2.45) is 17.6 Å². The first kappa shape index (κ1) is 19.5. The van der Waals surface area contributed by atoms with Crippen molar-refractivity contribution in [1.82, 2.24) is 9.88 Å². The van der Waals surface area contributed by atoms with Gasteiger partial charge in [0.05, 0.1) is 5.92 Å². The Morgan fingerprint density at radius 1 is 1.32 bits per heavy atom. The van der Waals surface area contributed by atoms with Gasteiger partial charge in [0.1, 0.15) is 0 Å². The molecule has 1 aromatic carbocycles. The van der Waals surface area contributed by atoms with Crippen LogP contribution in [0.3, 0.4) is 0 Å². The molecule has 0 spiro atoms. The monoisotopic (exact) mass is 345 g/mol. The number of benzene rings is 1. The van der Waals surface area contributed by atoms with E-state index in [0.29, 0.717) is 12.5 Å². The molecule has 1 aromatic heterocycles. The Hall–Kier alpha value is -1.85. The Morgan fingerprint density at radius 2 is 2.04 bits per heavy atom. The van der Waals surface area contributed by atoms with Gasteiger partial charge in [-0.05, 0) is 62.5 Å². The number of aliphatic carboxylic acids is 1. The Kier molecular flexibility index (Phi) is 6.62. The largest absolute Gasteiger partial charge is 0.481 e. The molecule has 0 fully saturated rings. The molecule has 4 N–H and O–H groups in total. The molecule has 0 saturated heterocycles. The molecule has 0 radical (unpaired) electrons. The number of hydrogen-bond acceptors (Lipinski definition) is 3. The second-order valence-corrected chi connectivity index (χ2v) is 7.58. The third-order valence-electron chi connectivity index (χ3n) is 4.80. The number of carbonyl (C=O) groups is 1. The number of likely N-dealkylation sites (N-methyl/N-ethyl adjacent to an activating group) is 1. The van der Waals surface area contributed by atoms with Crippen molar-refractivity contribution in [2.45, 2.75) is 32.6 Å². The lowest BCUT2D eigenvalue weighted by Gasteiger charge is -2.25. The van der Waals surface area contributed by atoms with Crippen LogP contribution in [-0.4, -0.2) is 48.1 Å². The summed E-state index contributed by atoms with van der Waals surface area (Å²) in [7, 11) is 4.09. The summed E-state index contributed by atoms with van der Waals surface area (Å²) in [6.07, 6.45) is 3.70. The van der Waals surface area contributed by atoms with Gasteiger partial charge in [-0.15, -0.1) is 0 Å². The van der Waals surface area contributed by atoms with E-state index in [4.69, 9.17) is 5.73 Å². The number of rotatable bonds is 9. The molecule has 1 heterocycles. The summed E-state index contributed by atoms with van der Waals surface area (Å²) in [5.74, 6) is -1.03. The number of hydrogen-bond donors (Lipinski definition) is 3. The molecule has 25 heavy (non-hydrogen) atoms. The second kappa shape index (κ2) is 8.50. The van der Waals surface area contributed by atoms with E-state index in [0.717, 1.165) is 35.9 Å². The number of carboxylic acid groups (broad SMARTS) is 1. The average molecular weight is 345 g/mol.